The van der Waals surface area contributed by atoms with Crippen LogP contribution < -0.4 is 15.6 Å². The molecule has 0 heterocycles. The van der Waals surface area contributed by atoms with Gasteiger partial charge in [-0.25, -0.2) is 0 Å². The molecule has 218 valence electrons. The fourth-order valence-corrected chi connectivity index (χ4v) is 5.15. The van der Waals surface area contributed by atoms with E-state index in [0.29, 0.717) is 13.2 Å². The molecule has 0 saturated heterocycles. The first kappa shape index (κ1) is 30.3. The van der Waals surface area contributed by atoms with Crippen molar-refractivity contribution in [3.05, 3.63) is 78.2 Å². The Morgan fingerprint density at radius 1 is 0.659 bits per heavy atom. The van der Waals surface area contributed by atoms with Crippen LogP contribution in [0.25, 0.3) is 32.7 Å². The average Bonchev–Trinajstić information content (AvgIpc) is 3.14. The van der Waals surface area contributed by atoms with E-state index in [1.54, 1.807) is 7.11 Å². The van der Waals surface area contributed by atoms with Gasteiger partial charge in [-0.3, -0.25) is 10.3 Å². The maximum atomic E-state index is 6.17. The predicted molar refractivity (Wildman–Crippen MR) is 170 cm³/mol. The zero-order valence-electron chi connectivity index (χ0n) is 25.2. The van der Waals surface area contributed by atoms with E-state index in [2.05, 4.69) is 104 Å². The fraction of sp³-hybridized carbons (Fsp3) is 0.382. The van der Waals surface area contributed by atoms with Crippen molar-refractivity contribution in [1.29, 1.82) is 0 Å². The third-order valence-electron chi connectivity index (χ3n) is 7.66. The molecule has 0 spiro atoms. The third kappa shape index (κ3) is 7.36. The molecule has 4 aromatic rings. The maximum Gasteiger partial charge on any atom is 0.129 e. The van der Waals surface area contributed by atoms with Gasteiger partial charge in [0.2, 0.25) is 0 Å². The molecule has 4 aromatic carbocycles. The zero-order valence-corrected chi connectivity index (χ0v) is 25.2. The van der Waals surface area contributed by atoms with Gasteiger partial charge < -0.3 is 19.4 Å². The van der Waals surface area contributed by atoms with Crippen molar-refractivity contribution in [2.45, 2.75) is 27.7 Å². The molecule has 7 nitrogen and oxygen atoms in total. The molecule has 0 aliphatic heterocycles. The molecule has 0 radical (unpaired) electrons. The van der Waals surface area contributed by atoms with E-state index in [0.717, 1.165) is 88.7 Å². The number of fused-ring (bicyclic) bond motifs is 3. The standard InChI is InChI=1S/C34H44N4O3/c1-6-37(7-2)22-24-40-35-33-30-16-12-10-14-28(30)29-15-11-13-17-31(29)34(36-41-25-23-38(8-3)9-4)32(33)26-18-20-27(39-5)21-19-26/h10-21,35H,6-9,22-25H2,1-5H3. The van der Waals surface area contributed by atoms with E-state index in [4.69, 9.17) is 19.6 Å². The molecule has 0 fully saturated rings. The molecule has 4 rings (SSSR count). The van der Waals surface area contributed by atoms with Crippen molar-refractivity contribution in [2.75, 3.05) is 65.1 Å². The Labute approximate surface area is 244 Å². The molecule has 0 amide bonds. The number of hydrogen-bond donors (Lipinski definition) is 1. The second-order valence-electron chi connectivity index (χ2n) is 9.85. The van der Waals surface area contributed by atoms with Gasteiger partial charge >= 0.3 is 0 Å². The van der Waals surface area contributed by atoms with Gasteiger partial charge in [0, 0.05) is 29.4 Å². The van der Waals surface area contributed by atoms with Crippen LogP contribution >= 0.6 is 0 Å². The van der Waals surface area contributed by atoms with Crippen LogP contribution in [0, 0.1) is 0 Å². The molecule has 7 heteroatoms. The quantitative estimate of drug-likeness (QED) is 0.133. The molecule has 0 atom stereocenters. The molecular formula is C34H44N4O3. The van der Waals surface area contributed by atoms with Gasteiger partial charge in [0.15, 0.2) is 0 Å². The zero-order chi connectivity index (χ0) is 29.0. The summed E-state index contributed by atoms with van der Waals surface area (Å²) in [6, 6.07) is 24.9. The van der Waals surface area contributed by atoms with Crippen LogP contribution in [-0.4, -0.2) is 69.4 Å². The van der Waals surface area contributed by atoms with Crippen molar-refractivity contribution < 1.29 is 14.4 Å². The number of rotatable bonds is 15. The number of methoxy groups -OCH3 is 1. The lowest BCUT2D eigenvalue weighted by Gasteiger charge is -2.19. The third-order valence-corrected chi connectivity index (χ3v) is 7.66. The number of hydrogen-bond acceptors (Lipinski definition) is 7. The highest BCUT2D eigenvalue weighted by Gasteiger charge is 2.17. The summed E-state index contributed by atoms with van der Waals surface area (Å²) < 4.78 is 5.47. The van der Waals surface area contributed by atoms with Gasteiger partial charge in [-0.1, -0.05) is 93.5 Å². The van der Waals surface area contributed by atoms with E-state index in [-0.39, 0.29) is 0 Å². The van der Waals surface area contributed by atoms with Crippen LogP contribution in [0.4, 0.5) is 5.69 Å². The molecule has 0 aromatic heterocycles. The number of benzene rings is 3. The van der Waals surface area contributed by atoms with Gasteiger partial charge in [-0.05, 0) is 54.6 Å². The summed E-state index contributed by atoms with van der Waals surface area (Å²) in [4.78, 5) is 16.9. The minimum atomic E-state index is 0.499. The van der Waals surface area contributed by atoms with E-state index in [1.807, 2.05) is 12.1 Å². The molecule has 41 heavy (non-hydrogen) atoms. The molecule has 1 N–H and O–H groups in total. The first-order chi connectivity index (χ1) is 20.1. The van der Waals surface area contributed by atoms with Gasteiger partial charge in [-0.2, -0.15) is 0 Å². The monoisotopic (exact) mass is 556 g/mol. The summed E-state index contributed by atoms with van der Waals surface area (Å²) in [6.45, 7) is 15.3. The lowest BCUT2D eigenvalue weighted by Crippen LogP contribution is -2.27. The molecule has 0 saturated carbocycles. The Kier molecular flexibility index (Phi) is 11.4. The highest BCUT2D eigenvalue weighted by molar-refractivity contribution is 6.13. The average molecular weight is 557 g/mol. The lowest BCUT2D eigenvalue weighted by atomic mass is 10.0. The number of ether oxygens (including phenoxy) is 1. The lowest BCUT2D eigenvalue weighted by molar-refractivity contribution is 0.106. The summed E-state index contributed by atoms with van der Waals surface area (Å²) in [6.07, 6.45) is 0. The Balaban J connectivity index is 1.95. The largest absolute Gasteiger partial charge is 0.497 e. The van der Waals surface area contributed by atoms with Gasteiger partial charge in [-0.15, -0.1) is 0 Å². The van der Waals surface area contributed by atoms with Gasteiger partial charge in [0.25, 0.3) is 0 Å². The Morgan fingerprint density at radius 3 is 1.78 bits per heavy atom. The maximum absolute atomic E-state index is 6.17. The first-order valence-corrected chi connectivity index (χ1v) is 14.8. The molecular weight excluding hydrogens is 512 g/mol. The number of anilines is 1. The van der Waals surface area contributed by atoms with E-state index < -0.39 is 0 Å². The summed E-state index contributed by atoms with van der Waals surface area (Å²) in [5.74, 6) is 0.794. The van der Waals surface area contributed by atoms with Gasteiger partial charge in [0.05, 0.1) is 19.4 Å². The highest BCUT2D eigenvalue weighted by Crippen LogP contribution is 2.35. The van der Waals surface area contributed by atoms with Crippen molar-refractivity contribution in [1.82, 2.24) is 9.80 Å². The normalized spacial score (nSPS) is 12.0. The van der Waals surface area contributed by atoms with Crippen LogP contribution in [0.5, 0.6) is 5.75 Å². The van der Waals surface area contributed by atoms with Gasteiger partial charge in [0.1, 0.15) is 17.7 Å². The van der Waals surface area contributed by atoms with E-state index in [1.165, 1.54) is 0 Å². The van der Waals surface area contributed by atoms with Crippen molar-refractivity contribution in [3.8, 4) is 16.9 Å². The van der Waals surface area contributed by atoms with Crippen molar-refractivity contribution in [2.24, 2.45) is 5.16 Å². The second-order valence-corrected chi connectivity index (χ2v) is 9.85. The van der Waals surface area contributed by atoms with E-state index >= 15 is 0 Å². The van der Waals surface area contributed by atoms with Crippen LogP contribution in [0.3, 0.4) is 0 Å². The molecule has 0 bridgehead atoms. The summed E-state index contributed by atoms with van der Waals surface area (Å²) in [5.41, 5.74) is 6.12. The molecule has 0 aliphatic carbocycles. The van der Waals surface area contributed by atoms with Crippen LogP contribution in [0.2, 0.25) is 0 Å². The number of likely N-dealkylation sites (N-methyl/N-ethyl adjacent to an activating group) is 2. The fourth-order valence-electron chi connectivity index (χ4n) is 5.15. The van der Waals surface area contributed by atoms with Crippen LogP contribution in [0.15, 0.2) is 78.0 Å². The summed E-state index contributed by atoms with van der Waals surface area (Å²) in [7, 11) is 1.68. The smallest absolute Gasteiger partial charge is 0.129 e. The van der Waals surface area contributed by atoms with E-state index in [9.17, 15) is 0 Å². The van der Waals surface area contributed by atoms with Crippen LogP contribution in [-0.2, 0) is 9.68 Å². The minimum Gasteiger partial charge on any atom is -0.497 e. The van der Waals surface area contributed by atoms with Crippen molar-refractivity contribution >= 4 is 27.2 Å². The van der Waals surface area contributed by atoms with Crippen LogP contribution in [0.1, 0.15) is 27.7 Å². The molecule has 0 unspecified atom stereocenters. The Bertz CT molecular complexity index is 1470. The predicted octanol–water partition coefficient (Wildman–Crippen LogP) is 6.53. The topological polar surface area (TPSA) is 58.6 Å². The number of nitrogens with one attached hydrogen (secondary N) is 1. The Morgan fingerprint density at radius 2 is 1.20 bits per heavy atom. The molecule has 0 aliphatic rings. The second kappa shape index (κ2) is 15.4. The Hall–Kier alpha value is -3.65. The number of nitrogens with zero attached hydrogens (tertiary/aromatic N) is 3. The van der Waals surface area contributed by atoms with Crippen molar-refractivity contribution in [3.63, 3.8) is 0 Å². The first-order valence-electron chi connectivity index (χ1n) is 14.8. The summed E-state index contributed by atoms with van der Waals surface area (Å²) >= 11 is 0. The summed E-state index contributed by atoms with van der Waals surface area (Å²) in [5, 5.41) is 9.86. The highest BCUT2D eigenvalue weighted by atomic mass is 16.6. The SMILES string of the molecule is CCN(CC)CCON=c1c(-c2ccc(OC)cc2)c(NOCCN(CC)CC)c2ccccc2c2ccccc12. The minimum absolute atomic E-state index is 0.499.